The Kier molecular flexibility index (Phi) is 5.62. The Hall–Kier alpha value is -3.30. The summed E-state index contributed by atoms with van der Waals surface area (Å²) in [6.07, 6.45) is -4.56. The van der Waals surface area contributed by atoms with Gasteiger partial charge in [0.05, 0.1) is 23.4 Å². The van der Waals surface area contributed by atoms with E-state index in [2.05, 4.69) is 10.4 Å². The smallest absolute Gasteiger partial charge is 0.419 e. The van der Waals surface area contributed by atoms with Crippen molar-refractivity contribution in [2.45, 2.75) is 26.6 Å². The van der Waals surface area contributed by atoms with Crippen LogP contribution in [0.4, 0.5) is 13.2 Å². The number of rotatable bonds is 6. The molecular formula is C19H19F3N4O3. The Morgan fingerprint density at radius 1 is 1.07 bits per heavy atom. The molecule has 3 rings (SSSR count). The molecule has 3 aromatic rings. The second-order valence-electron chi connectivity index (χ2n) is 6.27. The van der Waals surface area contributed by atoms with Crippen LogP contribution in [0, 0.1) is 6.92 Å². The molecule has 0 aliphatic carbocycles. The summed E-state index contributed by atoms with van der Waals surface area (Å²) in [7, 11) is 1.44. The van der Waals surface area contributed by atoms with Crippen LogP contribution in [0.25, 0.3) is 5.69 Å². The number of hydrogen-bond donors (Lipinski definition) is 0. The number of ether oxygens (including phenoxy) is 2. The Bertz CT molecular complexity index is 1070. The van der Waals surface area contributed by atoms with Gasteiger partial charge in [0.15, 0.2) is 0 Å². The zero-order chi connectivity index (χ0) is 21.2. The lowest BCUT2D eigenvalue weighted by atomic mass is 10.1. The number of aromatic nitrogens is 4. The van der Waals surface area contributed by atoms with Crippen LogP contribution in [0.15, 0.2) is 41.2 Å². The fourth-order valence-corrected chi connectivity index (χ4v) is 2.79. The van der Waals surface area contributed by atoms with Gasteiger partial charge in [0.25, 0.3) is 0 Å². The summed E-state index contributed by atoms with van der Waals surface area (Å²) in [6, 6.07) is 8.72. The largest absolute Gasteiger partial charge is 0.493 e. The van der Waals surface area contributed by atoms with Gasteiger partial charge in [-0.15, -0.1) is 0 Å². The quantitative estimate of drug-likeness (QED) is 0.626. The minimum absolute atomic E-state index is 0.263. The summed E-state index contributed by atoms with van der Waals surface area (Å²) in [5.41, 5.74) is -0.220. The number of tetrazole rings is 1. The third-order valence-electron chi connectivity index (χ3n) is 4.17. The summed E-state index contributed by atoms with van der Waals surface area (Å²) in [5.74, 6) is 0.0649. The van der Waals surface area contributed by atoms with E-state index in [1.165, 1.54) is 19.2 Å². The van der Waals surface area contributed by atoms with Crippen molar-refractivity contribution in [3.8, 4) is 17.2 Å². The Labute approximate surface area is 164 Å². The van der Waals surface area contributed by atoms with Crippen molar-refractivity contribution in [1.29, 1.82) is 0 Å². The molecule has 0 aliphatic rings. The molecule has 1 aromatic heterocycles. The van der Waals surface area contributed by atoms with Gasteiger partial charge in [-0.3, -0.25) is 0 Å². The van der Waals surface area contributed by atoms with E-state index in [-0.39, 0.29) is 12.4 Å². The van der Waals surface area contributed by atoms with E-state index in [9.17, 15) is 18.0 Å². The topological polar surface area (TPSA) is 71.2 Å². The number of hydrogen-bond acceptors (Lipinski definition) is 5. The predicted octanol–water partition coefficient (Wildman–Crippen LogP) is 3.27. The molecule has 29 heavy (non-hydrogen) atoms. The van der Waals surface area contributed by atoms with E-state index in [0.29, 0.717) is 29.2 Å². The highest BCUT2D eigenvalue weighted by Crippen LogP contribution is 2.37. The third-order valence-corrected chi connectivity index (χ3v) is 4.17. The average molecular weight is 408 g/mol. The molecule has 10 heteroatoms. The van der Waals surface area contributed by atoms with Crippen LogP contribution < -0.4 is 15.2 Å². The van der Waals surface area contributed by atoms with Crippen LogP contribution in [-0.4, -0.2) is 26.4 Å². The first-order chi connectivity index (χ1) is 13.7. The second-order valence-corrected chi connectivity index (χ2v) is 6.27. The molecule has 0 aliphatic heterocycles. The highest BCUT2D eigenvalue weighted by atomic mass is 19.4. The molecule has 0 bridgehead atoms. The molecule has 1 heterocycles. The molecule has 0 unspecified atom stereocenters. The highest BCUT2D eigenvalue weighted by molar-refractivity contribution is 5.49. The van der Waals surface area contributed by atoms with E-state index >= 15 is 0 Å². The summed E-state index contributed by atoms with van der Waals surface area (Å²) >= 11 is 0. The van der Waals surface area contributed by atoms with E-state index in [1.807, 2.05) is 0 Å². The maximum atomic E-state index is 13.4. The Balaban J connectivity index is 2.04. The van der Waals surface area contributed by atoms with Crippen LogP contribution in [0.5, 0.6) is 11.5 Å². The van der Waals surface area contributed by atoms with Crippen molar-refractivity contribution < 1.29 is 22.6 Å². The van der Waals surface area contributed by atoms with Gasteiger partial charge in [0, 0.05) is 7.05 Å². The Morgan fingerprint density at radius 2 is 1.83 bits per heavy atom. The summed E-state index contributed by atoms with van der Waals surface area (Å²) < 4.78 is 53.3. The standard InChI is InChI=1S/C19H19F3N4O3/c1-4-28-16-7-5-6-15(26-18(27)25(3)23-24-26)13(16)11-29-17-9-8-12(2)10-14(17)19(20,21)22/h5-10H,4,11H2,1-3H3. The normalized spacial score (nSPS) is 11.5. The molecule has 0 fully saturated rings. The van der Waals surface area contributed by atoms with Gasteiger partial charge in [-0.05, 0) is 48.5 Å². The van der Waals surface area contributed by atoms with Crippen LogP contribution in [0.2, 0.25) is 0 Å². The number of aryl methyl sites for hydroxylation is 2. The molecule has 0 atom stereocenters. The molecule has 0 saturated heterocycles. The Morgan fingerprint density at radius 3 is 2.45 bits per heavy atom. The molecular weight excluding hydrogens is 389 g/mol. The highest BCUT2D eigenvalue weighted by Gasteiger charge is 2.34. The second kappa shape index (κ2) is 7.98. The zero-order valence-corrected chi connectivity index (χ0v) is 16.0. The van der Waals surface area contributed by atoms with Gasteiger partial charge in [-0.2, -0.15) is 22.5 Å². The van der Waals surface area contributed by atoms with Crippen molar-refractivity contribution >= 4 is 0 Å². The molecule has 154 valence electrons. The summed E-state index contributed by atoms with van der Waals surface area (Å²) in [5, 5.41) is 7.47. The minimum Gasteiger partial charge on any atom is -0.493 e. The molecule has 0 amide bonds. The number of benzene rings is 2. The fourth-order valence-electron chi connectivity index (χ4n) is 2.79. The lowest BCUT2D eigenvalue weighted by molar-refractivity contribution is -0.139. The lowest BCUT2D eigenvalue weighted by Gasteiger charge is -2.18. The predicted molar refractivity (Wildman–Crippen MR) is 98.3 cm³/mol. The van der Waals surface area contributed by atoms with E-state index in [0.717, 1.165) is 15.4 Å². The van der Waals surface area contributed by atoms with E-state index < -0.39 is 17.4 Å². The molecule has 0 N–H and O–H groups in total. The van der Waals surface area contributed by atoms with Crippen LogP contribution in [0.1, 0.15) is 23.6 Å². The third kappa shape index (κ3) is 4.25. The van der Waals surface area contributed by atoms with E-state index in [1.54, 1.807) is 32.0 Å². The molecule has 7 nitrogen and oxygen atoms in total. The van der Waals surface area contributed by atoms with Crippen molar-refractivity contribution in [2.24, 2.45) is 7.05 Å². The fraction of sp³-hybridized carbons (Fsp3) is 0.316. The monoisotopic (exact) mass is 408 g/mol. The first-order valence-electron chi connectivity index (χ1n) is 8.77. The van der Waals surface area contributed by atoms with Crippen molar-refractivity contribution in [2.75, 3.05) is 6.61 Å². The summed E-state index contributed by atoms with van der Waals surface area (Å²) in [6.45, 7) is 3.40. The first kappa shape index (κ1) is 20.4. The number of alkyl halides is 3. The van der Waals surface area contributed by atoms with Gasteiger partial charge in [0.2, 0.25) is 0 Å². The number of halogens is 3. The van der Waals surface area contributed by atoms with Crippen LogP contribution in [0.3, 0.4) is 0 Å². The molecule has 0 spiro atoms. The van der Waals surface area contributed by atoms with Crippen molar-refractivity contribution in [3.63, 3.8) is 0 Å². The van der Waals surface area contributed by atoms with Gasteiger partial charge >= 0.3 is 11.9 Å². The van der Waals surface area contributed by atoms with E-state index in [4.69, 9.17) is 9.47 Å². The molecule has 0 radical (unpaired) electrons. The number of nitrogens with zero attached hydrogens (tertiary/aromatic N) is 4. The van der Waals surface area contributed by atoms with Crippen molar-refractivity contribution in [3.05, 3.63) is 63.6 Å². The van der Waals surface area contributed by atoms with Crippen LogP contribution >= 0.6 is 0 Å². The summed E-state index contributed by atoms with van der Waals surface area (Å²) in [4.78, 5) is 12.3. The van der Waals surface area contributed by atoms with Crippen LogP contribution in [-0.2, 0) is 19.8 Å². The van der Waals surface area contributed by atoms with Crippen molar-refractivity contribution in [1.82, 2.24) is 19.8 Å². The van der Waals surface area contributed by atoms with Gasteiger partial charge in [0.1, 0.15) is 18.1 Å². The maximum absolute atomic E-state index is 13.4. The van der Waals surface area contributed by atoms with Gasteiger partial charge in [-0.1, -0.05) is 17.7 Å². The maximum Gasteiger partial charge on any atom is 0.419 e. The molecule has 2 aromatic carbocycles. The average Bonchev–Trinajstić information content (AvgIpc) is 2.99. The zero-order valence-electron chi connectivity index (χ0n) is 16.0. The minimum atomic E-state index is -4.56. The first-order valence-corrected chi connectivity index (χ1v) is 8.77. The van der Waals surface area contributed by atoms with Gasteiger partial charge in [-0.25, -0.2) is 4.79 Å². The SMILES string of the molecule is CCOc1cccc(-n2nnn(C)c2=O)c1COc1ccc(C)cc1C(F)(F)F. The van der Waals surface area contributed by atoms with Gasteiger partial charge < -0.3 is 9.47 Å². The lowest BCUT2D eigenvalue weighted by Crippen LogP contribution is -2.23. The molecule has 0 saturated carbocycles.